The van der Waals surface area contributed by atoms with Gasteiger partial charge in [-0.15, -0.1) is 23.4 Å². The molecule has 1 rings (SSSR count). The molecule has 0 radical (unpaired) electrons. The summed E-state index contributed by atoms with van der Waals surface area (Å²) in [6.07, 6.45) is 4.54. The molecule has 0 fully saturated rings. The minimum absolute atomic E-state index is 0.363. The third-order valence-corrected chi connectivity index (χ3v) is 3.27. The van der Waals surface area contributed by atoms with Crippen molar-refractivity contribution in [1.82, 2.24) is 9.97 Å². The molecule has 1 N–H and O–H groups in total. The summed E-state index contributed by atoms with van der Waals surface area (Å²) in [5.74, 6) is 2.07. The fourth-order valence-corrected chi connectivity index (χ4v) is 2.03. The number of thioether (sulfide) groups is 1. The van der Waals surface area contributed by atoms with Crippen molar-refractivity contribution in [2.75, 3.05) is 17.5 Å². The molecule has 1 aromatic rings. The van der Waals surface area contributed by atoms with Crippen LogP contribution in [0.1, 0.15) is 20.3 Å². The van der Waals surface area contributed by atoms with Crippen molar-refractivity contribution in [3.63, 3.8) is 0 Å². The molecule has 1 aromatic heterocycles. The van der Waals surface area contributed by atoms with Crippen LogP contribution in [0.4, 0.5) is 5.82 Å². The number of alkyl halides is 1. The number of aromatic nitrogens is 2. The van der Waals surface area contributed by atoms with E-state index in [-0.39, 0.29) is 0 Å². The topological polar surface area (TPSA) is 37.8 Å². The Balaban J connectivity index is 2.68. The highest BCUT2D eigenvalue weighted by atomic mass is 35.5. The van der Waals surface area contributed by atoms with E-state index >= 15 is 0 Å². The number of hydrogen-bond acceptors (Lipinski definition) is 4. The highest BCUT2D eigenvalue weighted by molar-refractivity contribution is 7.98. The van der Waals surface area contributed by atoms with Gasteiger partial charge in [0.1, 0.15) is 17.2 Å². The smallest absolute Gasteiger partial charge is 0.130 e. The van der Waals surface area contributed by atoms with E-state index in [1.54, 1.807) is 18.1 Å². The van der Waals surface area contributed by atoms with Crippen LogP contribution in [0.5, 0.6) is 0 Å². The van der Waals surface area contributed by atoms with Gasteiger partial charge in [-0.05, 0) is 18.6 Å². The summed E-state index contributed by atoms with van der Waals surface area (Å²) in [6.45, 7) is 4.36. The second-order valence-corrected chi connectivity index (χ2v) is 5.12. The Morgan fingerprint density at radius 3 is 2.75 bits per heavy atom. The summed E-state index contributed by atoms with van der Waals surface area (Å²) >= 11 is 7.40. The first-order valence-corrected chi connectivity index (χ1v) is 7.11. The standard InChI is InChI=1S/C11H18ClN3S/c1-8(2)9(4-5-12)15-10-6-11(16-3)14-7-13-10/h6-9H,4-5H2,1-3H3,(H,13,14,15). The number of nitrogens with one attached hydrogen (secondary N) is 1. The molecule has 0 aliphatic carbocycles. The second kappa shape index (κ2) is 6.97. The van der Waals surface area contributed by atoms with Crippen LogP contribution in [0.3, 0.4) is 0 Å². The predicted octanol–water partition coefficient (Wildman–Crippen LogP) is 3.26. The molecule has 0 saturated carbocycles. The van der Waals surface area contributed by atoms with Crippen LogP contribution in [-0.4, -0.2) is 28.1 Å². The summed E-state index contributed by atoms with van der Waals surface area (Å²) in [5, 5.41) is 4.38. The average molecular weight is 260 g/mol. The highest BCUT2D eigenvalue weighted by Gasteiger charge is 2.13. The van der Waals surface area contributed by atoms with Crippen LogP contribution < -0.4 is 5.32 Å². The number of nitrogens with zero attached hydrogens (tertiary/aromatic N) is 2. The fraction of sp³-hybridized carbons (Fsp3) is 0.636. The van der Waals surface area contributed by atoms with Crippen LogP contribution in [0.25, 0.3) is 0 Å². The fourth-order valence-electron chi connectivity index (χ4n) is 1.41. The third-order valence-electron chi connectivity index (χ3n) is 2.41. The van der Waals surface area contributed by atoms with Gasteiger partial charge in [-0.3, -0.25) is 0 Å². The van der Waals surface area contributed by atoms with Crippen molar-refractivity contribution in [1.29, 1.82) is 0 Å². The van der Waals surface area contributed by atoms with Crippen molar-refractivity contribution in [3.05, 3.63) is 12.4 Å². The molecule has 1 atom stereocenters. The Labute approximate surface area is 106 Å². The van der Waals surface area contributed by atoms with E-state index in [1.807, 2.05) is 12.3 Å². The van der Waals surface area contributed by atoms with Gasteiger partial charge in [0, 0.05) is 18.0 Å². The monoisotopic (exact) mass is 259 g/mol. The summed E-state index contributed by atoms with van der Waals surface area (Å²) < 4.78 is 0. The highest BCUT2D eigenvalue weighted by Crippen LogP contribution is 2.17. The Bertz CT molecular complexity index is 320. The van der Waals surface area contributed by atoms with Gasteiger partial charge in [0.15, 0.2) is 0 Å². The maximum absolute atomic E-state index is 5.79. The van der Waals surface area contributed by atoms with E-state index < -0.39 is 0 Å². The molecule has 0 bridgehead atoms. The van der Waals surface area contributed by atoms with Crippen LogP contribution in [0.2, 0.25) is 0 Å². The van der Waals surface area contributed by atoms with Gasteiger partial charge < -0.3 is 5.32 Å². The molecule has 1 heterocycles. The molecule has 16 heavy (non-hydrogen) atoms. The Morgan fingerprint density at radius 1 is 1.44 bits per heavy atom. The normalized spacial score (nSPS) is 12.8. The maximum atomic E-state index is 5.79. The van der Waals surface area contributed by atoms with Crippen molar-refractivity contribution in [3.8, 4) is 0 Å². The second-order valence-electron chi connectivity index (χ2n) is 3.92. The summed E-state index contributed by atoms with van der Waals surface area (Å²) in [5.41, 5.74) is 0. The van der Waals surface area contributed by atoms with Crippen molar-refractivity contribution in [2.45, 2.75) is 31.3 Å². The number of anilines is 1. The van der Waals surface area contributed by atoms with Gasteiger partial charge in [0.25, 0.3) is 0 Å². The van der Waals surface area contributed by atoms with E-state index in [0.29, 0.717) is 17.8 Å². The maximum Gasteiger partial charge on any atom is 0.130 e. The zero-order chi connectivity index (χ0) is 12.0. The number of halogens is 1. The van der Waals surface area contributed by atoms with E-state index in [0.717, 1.165) is 17.3 Å². The van der Waals surface area contributed by atoms with E-state index in [2.05, 4.69) is 29.1 Å². The minimum atomic E-state index is 0.363. The van der Waals surface area contributed by atoms with Crippen molar-refractivity contribution >= 4 is 29.2 Å². The molecular weight excluding hydrogens is 242 g/mol. The molecule has 1 unspecified atom stereocenters. The first-order chi connectivity index (χ1) is 7.67. The van der Waals surface area contributed by atoms with Gasteiger partial charge in [0.05, 0.1) is 0 Å². The minimum Gasteiger partial charge on any atom is -0.367 e. The lowest BCUT2D eigenvalue weighted by Gasteiger charge is -2.22. The molecule has 0 saturated heterocycles. The molecule has 5 heteroatoms. The predicted molar refractivity (Wildman–Crippen MR) is 71.4 cm³/mol. The average Bonchev–Trinajstić information content (AvgIpc) is 2.28. The zero-order valence-corrected chi connectivity index (χ0v) is 11.5. The molecule has 0 amide bonds. The largest absolute Gasteiger partial charge is 0.367 e. The van der Waals surface area contributed by atoms with Gasteiger partial charge in [-0.25, -0.2) is 9.97 Å². The molecule has 0 aliphatic heterocycles. The van der Waals surface area contributed by atoms with Crippen LogP contribution in [-0.2, 0) is 0 Å². The van der Waals surface area contributed by atoms with Crippen LogP contribution in [0.15, 0.2) is 17.4 Å². The number of rotatable bonds is 6. The Kier molecular flexibility index (Phi) is 5.91. The third kappa shape index (κ3) is 4.18. The SMILES string of the molecule is CSc1cc(NC(CCCl)C(C)C)ncn1. The molecule has 0 aliphatic rings. The zero-order valence-electron chi connectivity index (χ0n) is 9.90. The first kappa shape index (κ1) is 13.6. The molecule has 0 aromatic carbocycles. The van der Waals surface area contributed by atoms with E-state index in [4.69, 9.17) is 11.6 Å². The lowest BCUT2D eigenvalue weighted by molar-refractivity contribution is 0.511. The molecular formula is C11H18ClN3S. The van der Waals surface area contributed by atoms with Crippen molar-refractivity contribution < 1.29 is 0 Å². The van der Waals surface area contributed by atoms with Gasteiger partial charge >= 0.3 is 0 Å². The lowest BCUT2D eigenvalue weighted by atomic mass is 10.0. The van der Waals surface area contributed by atoms with E-state index in [9.17, 15) is 0 Å². The van der Waals surface area contributed by atoms with Crippen molar-refractivity contribution in [2.24, 2.45) is 5.92 Å². The molecule has 3 nitrogen and oxygen atoms in total. The molecule has 90 valence electrons. The van der Waals surface area contributed by atoms with E-state index in [1.165, 1.54) is 0 Å². The summed E-state index contributed by atoms with van der Waals surface area (Å²) in [6, 6.07) is 2.33. The lowest BCUT2D eigenvalue weighted by Crippen LogP contribution is -2.26. The van der Waals surface area contributed by atoms with Crippen LogP contribution >= 0.6 is 23.4 Å². The Morgan fingerprint density at radius 2 is 2.19 bits per heavy atom. The quantitative estimate of drug-likeness (QED) is 0.483. The molecule has 0 spiro atoms. The summed E-state index contributed by atoms with van der Waals surface area (Å²) in [4.78, 5) is 8.35. The Hall–Kier alpha value is -0.480. The number of hydrogen-bond donors (Lipinski definition) is 1. The van der Waals surface area contributed by atoms with Crippen LogP contribution in [0, 0.1) is 5.92 Å². The van der Waals surface area contributed by atoms with Gasteiger partial charge in [-0.1, -0.05) is 13.8 Å². The van der Waals surface area contributed by atoms with Gasteiger partial charge in [0.2, 0.25) is 0 Å². The van der Waals surface area contributed by atoms with Gasteiger partial charge in [-0.2, -0.15) is 0 Å². The summed E-state index contributed by atoms with van der Waals surface area (Å²) in [7, 11) is 0. The first-order valence-electron chi connectivity index (χ1n) is 5.36.